The molecule has 29 heavy (non-hydrogen) atoms. The zero-order valence-corrected chi connectivity index (χ0v) is 20.1. The Morgan fingerprint density at radius 1 is 1.28 bits per heavy atom. The SMILES string of the molecule is CCNC(=NCCc1c(C)noc1C)NC1CCCN(Cc2ccccc2)C1.I. The van der Waals surface area contributed by atoms with Crippen molar-refractivity contribution in [2.45, 2.75) is 52.6 Å². The summed E-state index contributed by atoms with van der Waals surface area (Å²) in [6.45, 7) is 10.9. The molecule has 7 heteroatoms. The van der Waals surface area contributed by atoms with Gasteiger partial charge in [0.25, 0.3) is 0 Å². The lowest BCUT2D eigenvalue weighted by Gasteiger charge is -2.34. The molecule has 2 heterocycles. The normalized spacial score (nSPS) is 17.6. The van der Waals surface area contributed by atoms with E-state index in [1.165, 1.54) is 24.0 Å². The van der Waals surface area contributed by atoms with Gasteiger partial charge in [0, 0.05) is 37.8 Å². The van der Waals surface area contributed by atoms with Gasteiger partial charge in [-0.05, 0) is 52.1 Å². The molecule has 1 aromatic carbocycles. The molecule has 2 N–H and O–H groups in total. The average molecular weight is 511 g/mol. The molecule has 1 fully saturated rings. The zero-order chi connectivity index (χ0) is 19.8. The summed E-state index contributed by atoms with van der Waals surface area (Å²) >= 11 is 0. The van der Waals surface area contributed by atoms with Crippen LogP contribution in [0.25, 0.3) is 0 Å². The topological polar surface area (TPSA) is 65.7 Å². The molecule has 0 spiro atoms. The van der Waals surface area contributed by atoms with Crippen molar-refractivity contribution in [2.24, 2.45) is 4.99 Å². The fourth-order valence-corrected chi connectivity index (χ4v) is 3.81. The number of piperidine rings is 1. The molecule has 1 saturated heterocycles. The minimum Gasteiger partial charge on any atom is -0.361 e. The Bertz CT molecular complexity index is 742. The van der Waals surface area contributed by atoms with E-state index >= 15 is 0 Å². The van der Waals surface area contributed by atoms with Crippen molar-refractivity contribution in [2.75, 3.05) is 26.2 Å². The molecule has 1 aliphatic rings. The fourth-order valence-electron chi connectivity index (χ4n) is 3.81. The number of guanidine groups is 1. The lowest BCUT2D eigenvalue weighted by molar-refractivity contribution is 0.192. The van der Waals surface area contributed by atoms with Gasteiger partial charge in [0.05, 0.1) is 5.69 Å². The lowest BCUT2D eigenvalue weighted by atomic mass is 10.0. The van der Waals surface area contributed by atoms with Gasteiger partial charge in [-0.3, -0.25) is 9.89 Å². The minimum absolute atomic E-state index is 0. The van der Waals surface area contributed by atoms with Crippen LogP contribution in [-0.2, 0) is 13.0 Å². The van der Waals surface area contributed by atoms with Crippen molar-refractivity contribution >= 4 is 29.9 Å². The molecule has 1 aromatic heterocycles. The van der Waals surface area contributed by atoms with Crippen LogP contribution in [-0.4, -0.2) is 48.2 Å². The van der Waals surface area contributed by atoms with Crippen molar-refractivity contribution in [3.05, 3.63) is 52.9 Å². The minimum atomic E-state index is 0. The first kappa shape index (κ1) is 23.7. The van der Waals surface area contributed by atoms with Gasteiger partial charge in [0.2, 0.25) is 0 Å². The number of halogens is 1. The highest BCUT2D eigenvalue weighted by molar-refractivity contribution is 14.0. The maximum atomic E-state index is 5.25. The van der Waals surface area contributed by atoms with E-state index in [4.69, 9.17) is 9.52 Å². The molecular formula is C22H34IN5O. The van der Waals surface area contributed by atoms with E-state index < -0.39 is 0 Å². The van der Waals surface area contributed by atoms with E-state index in [2.05, 4.69) is 57.9 Å². The second-order valence-electron chi connectivity index (χ2n) is 7.52. The molecule has 2 aromatic rings. The highest BCUT2D eigenvalue weighted by atomic mass is 127. The van der Waals surface area contributed by atoms with E-state index in [1.54, 1.807) is 0 Å². The maximum Gasteiger partial charge on any atom is 0.191 e. The second-order valence-corrected chi connectivity index (χ2v) is 7.52. The Kier molecular flexibility index (Phi) is 9.93. The van der Waals surface area contributed by atoms with E-state index in [0.29, 0.717) is 6.04 Å². The van der Waals surface area contributed by atoms with E-state index in [0.717, 1.165) is 56.6 Å². The van der Waals surface area contributed by atoms with Crippen LogP contribution < -0.4 is 10.6 Å². The molecule has 1 aliphatic heterocycles. The number of aryl methyl sites for hydroxylation is 2. The maximum absolute atomic E-state index is 5.25. The first-order chi connectivity index (χ1) is 13.7. The summed E-state index contributed by atoms with van der Waals surface area (Å²) in [5, 5.41) is 11.1. The Hall–Kier alpha value is -1.61. The van der Waals surface area contributed by atoms with Gasteiger partial charge in [-0.2, -0.15) is 0 Å². The number of benzene rings is 1. The summed E-state index contributed by atoms with van der Waals surface area (Å²) in [5.41, 5.74) is 3.52. The van der Waals surface area contributed by atoms with E-state index in [1.807, 2.05) is 13.8 Å². The number of nitrogens with zero attached hydrogens (tertiary/aromatic N) is 3. The first-order valence-corrected chi connectivity index (χ1v) is 10.4. The van der Waals surface area contributed by atoms with Crippen molar-refractivity contribution in [1.29, 1.82) is 0 Å². The number of aliphatic imine (C=N–C) groups is 1. The smallest absolute Gasteiger partial charge is 0.191 e. The van der Waals surface area contributed by atoms with Gasteiger partial charge in [-0.25, -0.2) is 0 Å². The molecule has 0 radical (unpaired) electrons. The molecule has 0 amide bonds. The summed E-state index contributed by atoms with van der Waals surface area (Å²) < 4.78 is 5.25. The molecule has 1 atom stereocenters. The van der Waals surface area contributed by atoms with Crippen LogP contribution in [0.4, 0.5) is 0 Å². The van der Waals surface area contributed by atoms with Crippen LogP contribution in [0.2, 0.25) is 0 Å². The predicted molar refractivity (Wildman–Crippen MR) is 129 cm³/mol. The Morgan fingerprint density at radius 2 is 2.07 bits per heavy atom. The quantitative estimate of drug-likeness (QED) is 0.338. The van der Waals surface area contributed by atoms with Gasteiger partial charge in [0.15, 0.2) is 5.96 Å². The van der Waals surface area contributed by atoms with Gasteiger partial charge in [-0.15, -0.1) is 24.0 Å². The van der Waals surface area contributed by atoms with Crippen LogP contribution in [0.1, 0.15) is 42.3 Å². The summed E-state index contributed by atoms with van der Waals surface area (Å²) in [6, 6.07) is 11.1. The Morgan fingerprint density at radius 3 is 2.76 bits per heavy atom. The summed E-state index contributed by atoms with van der Waals surface area (Å²) in [5.74, 6) is 1.80. The standard InChI is InChI=1S/C22H33N5O.HI/c1-4-23-22(24-13-12-21-17(2)26-28-18(21)3)25-20-11-8-14-27(16-20)15-19-9-6-5-7-10-19;/h5-7,9-10,20H,4,8,11-16H2,1-3H3,(H2,23,24,25);1H. The summed E-state index contributed by atoms with van der Waals surface area (Å²) in [6.07, 6.45) is 3.24. The zero-order valence-electron chi connectivity index (χ0n) is 17.8. The number of aromatic nitrogens is 1. The predicted octanol–water partition coefficient (Wildman–Crippen LogP) is 3.67. The van der Waals surface area contributed by atoms with E-state index in [-0.39, 0.29) is 24.0 Å². The first-order valence-electron chi connectivity index (χ1n) is 10.4. The van der Waals surface area contributed by atoms with Crippen molar-refractivity contribution in [3.63, 3.8) is 0 Å². The van der Waals surface area contributed by atoms with Gasteiger partial charge in [-0.1, -0.05) is 35.5 Å². The lowest BCUT2D eigenvalue weighted by Crippen LogP contribution is -2.51. The van der Waals surface area contributed by atoms with Gasteiger partial charge in [0.1, 0.15) is 5.76 Å². The largest absolute Gasteiger partial charge is 0.361 e. The average Bonchev–Trinajstić information content (AvgIpc) is 3.01. The molecule has 0 saturated carbocycles. The van der Waals surface area contributed by atoms with E-state index in [9.17, 15) is 0 Å². The highest BCUT2D eigenvalue weighted by Gasteiger charge is 2.20. The van der Waals surface area contributed by atoms with Gasteiger partial charge < -0.3 is 15.2 Å². The van der Waals surface area contributed by atoms with Crippen LogP contribution in [0, 0.1) is 13.8 Å². The van der Waals surface area contributed by atoms with Gasteiger partial charge >= 0.3 is 0 Å². The fraction of sp³-hybridized carbons (Fsp3) is 0.545. The Labute approximate surface area is 191 Å². The molecule has 3 rings (SSSR count). The third kappa shape index (κ3) is 7.29. The molecular weight excluding hydrogens is 477 g/mol. The molecule has 0 aliphatic carbocycles. The molecule has 1 unspecified atom stereocenters. The summed E-state index contributed by atoms with van der Waals surface area (Å²) in [7, 11) is 0. The van der Waals surface area contributed by atoms with Crippen LogP contribution in [0.5, 0.6) is 0 Å². The van der Waals surface area contributed by atoms with Crippen molar-refractivity contribution < 1.29 is 4.52 Å². The number of likely N-dealkylation sites (tertiary alicyclic amines) is 1. The van der Waals surface area contributed by atoms with Crippen LogP contribution in [0.15, 0.2) is 39.8 Å². The third-order valence-corrected chi connectivity index (χ3v) is 5.25. The van der Waals surface area contributed by atoms with Crippen LogP contribution in [0.3, 0.4) is 0 Å². The Balaban J connectivity index is 0.00000300. The molecule has 160 valence electrons. The third-order valence-electron chi connectivity index (χ3n) is 5.25. The van der Waals surface area contributed by atoms with Crippen molar-refractivity contribution in [3.8, 4) is 0 Å². The summed E-state index contributed by atoms with van der Waals surface area (Å²) in [4.78, 5) is 7.31. The number of nitrogens with one attached hydrogen (secondary N) is 2. The molecule has 0 bridgehead atoms. The molecule has 6 nitrogen and oxygen atoms in total. The number of hydrogen-bond acceptors (Lipinski definition) is 4. The highest BCUT2D eigenvalue weighted by Crippen LogP contribution is 2.14. The number of rotatable bonds is 7. The van der Waals surface area contributed by atoms with Crippen LogP contribution >= 0.6 is 24.0 Å². The van der Waals surface area contributed by atoms with Crippen molar-refractivity contribution in [1.82, 2.24) is 20.7 Å². The number of hydrogen-bond donors (Lipinski definition) is 2. The second kappa shape index (κ2) is 12.2. The monoisotopic (exact) mass is 511 g/mol.